The Kier molecular flexibility index (Phi) is 16.5. The molecular formula is C20H39NO10. The zero-order valence-corrected chi connectivity index (χ0v) is 19.1. The average Bonchev–Trinajstić information content (AvgIpc) is 2.75. The fourth-order valence-corrected chi connectivity index (χ4v) is 2.43. The molecular weight excluding hydrogens is 414 g/mol. The van der Waals surface area contributed by atoms with Gasteiger partial charge in [-0.15, -0.1) is 0 Å². The van der Waals surface area contributed by atoms with Gasteiger partial charge in [-0.3, -0.25) is 9.59 Å². The van der Waals surface area contributed by atoms with Gasteiger partial charge in [0.25, 0.3) is 0 Å². The summed E-state index contributed by atoms with van der Waals surface area (Å²) in [5.74, 6) is -0.808. The smallest absolute Gasteiger partial charge is 0.307 e. The van der Waals surface area contributed by atoms with Gasteiger partial charge in [-0.2, -0.15) is 0 Å². The average molecular weight is 454 g/mol. The maximum Gasteiger partial charge on any atom is 0.307 e. The van der Waals surface area contributed by atoms with Crippen LogP contribution >= 0.6 is 0 Å². The molecule has 2 unspecified atom stereocenters. The molecule has 184 valence electrons. The molecule has 0 aliphatic heterocycles. The maximum atomic E-state index is 12.0. The summed E-state index contributed by atoms with van der Waals surface area (Å²) < 4.78 is 30.6. The van der Waals surface area contributed by atoms with Crippen LogP contribution in [0.5, 0.6) is 0 Å². The van der Waals surface area contributed by atoms with E-state index in [9.17, 15) is 14.7 Å². The molecule has 2 atom stereocenters. The number of esters is 2. The fourth-order valence-electron chi connectivity index (χ4n) is 2.43. The van der Waals surface area contributed by atoms with Gasteiger partial charge in [0.1, 0.15) is 26.8 Å². The summed E-state index contributed by atoms with van der Waals surface area (Å²) in [6, 6.07) is 0. The highest BCUT2D eigenvalue weighted by atomic mass is 16.7. The van der Waals surface area contributed by atoms with Gasteiger partial charge in [-0.25, -0.2) is 0 Å². The fraction of sp³-hybridized carbons (Fsp3) is 0.900. The second kappa shape index (κ2) is 17.2. The van der Waals surface area contributed by atoms with Crippen molar-refractivity contribution in [1.82, 2.24) is 5.32 Å². The molecule has 0 aliphatic carbocycles. The molecule has 0 bridgehead atoms. The van der Waals surface area contributed by atoms with Gasteiger partial charge in [0.15, 0.2) is 0 Å². The van der Waals surface area contributed by atoms with E-state index in [-0.39, 0.29) is 59.3 Å². The van der Waals surface area contributed by atoms with Crippen molar-refractivity contribution in [1.29, 1.82) is 0 Å². The van der Waals surface area contributed by atoms with Crippen molar-refractivity contribution >= 4 is 11.9 Å². The number of hydrogen-bond donors (Lipinski definition) is 3. The van der Waals surface area contributed by atoms with Crippen LogP contribution in [-0.2, 0) is 38.0 Å². The Hall–Kier alpha value is -1.34. The van der Waals surface area contributed by atoms with Gasteiger partial charge in [0.05, 0.1) is 39.3 Å². The molecule has 0 aromatic heterocycles. The first-order valence-electron chi connectivity index (χ1n) is 10.1. The standard InChI is InChI=1S/C20H39NO10/c1-19(9-22,10-26-3)13-30-17(24)5-7-21-8-6-18(25)31-14-20(2,11-28-15-23)12-29-16-27-4/h21-23H,5-16H2,1-4H3. The second-order valence-electron chi connectivity index (χ2n) is 8.02. The molecule has 0 aliphatic rings. The quantitative estimate of drug-likeness (QED) is 0.127. The third-order valence-corrected chi connectivity index (χ3v) is 4.24. The van der Waals surface area contributed by atoms with E-state index in [2.05, 4.69) is 5.32 Å². The van der Waals surface area contributed by atoms with Crippen molar-refractivity contribution in [3.05, 3.63) is 0 Å². The lowest BCUT2D eigenvalue weighted by Gasteiger charge is -2.28. The Morgan fingerprint density at radius 2 is 1.32 bits per heavy atom. The number of aliphatic hydroxyl groups is 2. The molecule has 11 heteroatoms. The van der Waals surface area contributed by atoms with Crippen LogP contribution in [0, 0.1) is 10.8 Å². The minimum Gasteiger partial charge on any atom is -0.465 e. The van der Waals surface area contributed by atoms with Gasteiger partial charge >= 0.3 is 11.9 Å². The van der Waals surface area contributed by atoms with Gasteiger partial charge < -0.3 is 44.0 Å². The molecule has 0 radical (unpaired) electrons. The number of methoxy groups -OCH3 is 2. The molecule has 0 fully saturated rings. The molecule has 0 spiro atoms. The molecule has 0 saturated carbocycles. The zero-order valence-electron chi connectivity index (χ0n) is 19.1. The van der Waals surface area contributed by atoms with Crippen molar-refractivity contribution < 1.29 is 48.2 Å². The molecule has 0 aromatic carbocycles. The largest absolute Gasteiger partial charge is 0.465 e. The summed E-state index contributed by atoms with van der Waals surface area (Å²) in [7, 11) is 3.02. The van der Waals surface area contributed by atoms with E-state index in [1.807, 2.05) is 6.92 Å². The van der Waals surface area contributed by atoms with Crippen LogP contribution in [0.3, 0.4) is 0 Å². The molecule has 11 nitrogen and oxygen atoms in total. The highest BCUT2D eigenvalue weighted by molar-refractivity contribution is 5.70. The number of ether oxygens (including phenoxy) is 6. The Bertz CT molecular complexity index is 493. The van der Waals surface area contributed by atoms with E-state index in [4.69, 9.17) is 33.5 Å². The number of carbonyl (C=O) groups is 2. The minimum atomic E-state index is -0.632. The molecule has 31 heavy (non-hydrogen) atoms. The number of aliphatic hydroxyl groups excluding tert-OH is 2. The van der Waals surface area contributed by atoms with Crippen molar-refractivity contribution in [3.8, 4) is 0 Å². The van der Waals surface area contributed by atoms with Crippen LogP contribution in [0.2, 0.25) is 0 Å². The predicted octanol–water partition coefficient (Wildman–Crippen LogP) is -0.319. The zero-order chi connectivity index (χ0) is 23.6. The predicted molar refractivity (Wildman–Crippen MR) is 110 cm³/mol. The van der Waals surface area contributed by atoms with Crippen molar-refractivity contribution in [2.45, 2.75) is 26.7 Å². The molecule has 0 rings (SSSR count). The molecule has 0 amide bonds. The van der Waals surface area contributed by atoms with Crippen LogP contribution in [0.15, 0.2) is 0 Å². The van der Waals surface area contributed by atoms with E-state index >= 15 is 0 Å². The van der Waals surface area contributed by atoms with Gasteiger partial charge in [-0.05, 0) is 0 Å². The number of nitrogens with one attached hydrogen (secondary N) is 1. The van der Waals surface area contributed by atoms with Crippen LogP contribution in [0.4, 0.5) is 0 Å². The van der Waals surface area contributed by atoms with E-state index in [0.717, 1.165) is 0 Å². The summed E-state index contributed by atoms with van der Waals surface area (Å²) in [5, 5.41) is 21.2. The Balaban J connectivity index is 4.05. The van der Waals surface area contributed by atoms with Crippen LogP contribution < -0.4 is 5.32 Å². The monoisotopic (exact) mass is 453 g/mol. The molecule has 0 heterocycles. The van der Waals surface area contributed by atoms with Crippen molar-refractivity contribution in [2.75, 3.05) is 80.5 Å². The third kappa shape index (κ3) is 15.2. The summed E-state index contributed by atoms with van der Waals surface area (Å²) in [6.45, 7) is 4.55. The van der Waals surface area contributed by atoms with Crippen LogP contribution in [0.1, 0.15) is 26.7 Å². The summed E-state index contributed by atoms with van der Waals surface area (Å²) >= 11 is 0. The second-order valence-corrected chi connectivity index (χ2v) is 8.02. The number of rotatable bonds is 20. The van der Waals surface area contributed by atoms with Gasteiger partial charge in [0.2, 0.25) is 0 Å². The Morgan fingerprint density at radius 3 is 1.81 bits per heavy atom. The first kappa shape index (κ1) is 29.7. The first-order chi connectivity index (χ1) is 14.7. The Morgan fingerprint density at radius 1 is 0.774 bits per heavy atom. The summed E-state index contributed by atoms with van der Waals surface area (Å²) in [4.78, 5) is 23.7. The maximum absolute atomic E-state index is 12.0. The SMILES string of the molecule is COCOCC(C)(COCO)COC(=O)CCNCCC(=O)OCC(C)(CO)COC. The lowest BCUT2D eigenvalue weighted by molar-refractivity contribution is -0.155. The van der Waals surface area contributed by atoms with E-state index in [0.29, 0.717) is 13.1 Å². The van der Waals surface area contributed by atoms with Crippen molar-refractivity contribution in [2.24, 2.45) is 10.8 Å². The van der Waals surface area contributed by atoms with Crippen LogP contribution in [0.25, 0.3) is 0 Å². The van der Waals surface area contributed by atoms with E-state index < -0.39 is 29.6 Å². The van der Waals surface area contributed by atoms with Gasteiger partial charge in [0, 0.05) is 38.1 Å². The summed E-state index contributed by atoms with van der Waals surface area (Å²) in [5.41, 5.74) is -1.26. The first-order valence-corrected chi connectivity index (χ1v) is 10.1. The molecule has 0 aromatic rings. The number of carbonyl (C=O) groups excluding carboxylic acids is 2. The molecule has 0 saturated heterocycles. The third-order valence-electron chi connectivity index (χ3n) is 4.24. The minimum absolute atomic E-state index is 0.0625. The van der Waals surface area contributed by atoms with Gasteiger partial charge in [-0.1, -0.05) is 13.8 Å². The lowest BCUT2D eigenvalue weighted by atomic mass is 9.94. The molecule has 3 N–H and O–H groups in total. The summed E-state index contributed by atoms with van der Waals surface area (Å²) in [6.07, 6.45) is 0.262. The van der Waals surface area contributed by atoms with E-state index in [1.54, 1.807) is 6.92 Å². The highest BCUT2D eigenvalue weighted by Gasteiger charge is 2.28. The Labute approximate surface area is 184 Å². The lowest BCUT2D eigenvalue weighted by Crippen LogP contribution is -2.36. The number of hydrogen-bond acceptors (Lipinski definition) is 11. The van der Waals surface area contributed by atoms with E-state index in [1.165, 1.54) is 14.2 Å². The van der Waals surface area contributed by atoms with Crippen molar-refractivity contribution in [3.63, 3.8) is 0 Å². The van der Waals surface area contributed by atoms with Crippen LogP contribution in [-0.4, -0.2) is 103 Å². The topological polar surface area (TPSA) is 142 Å². The normalized spacial score (nSPS) is 15.2. The highest BCUT2D eigenvalue weighted by Crippen LogP contribution is 2.19.